The second-order valence-corrected chi connectivity index (χ2v) is 11.4. The van der Waals surface area contributed by atoms with E-state index in [0.29, 0.717) is 10.6 Å². The molecule has 38 heavy (non-hydrogen) atoms. The van der Waals surface area contributed by atoms with Gasteiger partial charge in [-0.3, -0.25) is 13.9 Å². The number of carbonyl (C=O) groups is 2. The monoisotopic (exact) mass is 559 g/mol. The number of carbonyl (C=O) groups excluding carboxylic acids is 2. The Hall–Kier alpha value is -3.43. The molecule has 0 aliphatic rings. The van der Waals surface area contributed by atoms with E-state index < -0.39 is 40.2 Å². The van der Waals surface area contributed by atoms with Crippen LogP contribution in [0.15, 0.2) is 77.7 Å². The SMILES string of the molecule is Cc1c(Cl)cccc1N(CC(=O)N(Cc1ccccc1F)[C@H](C)C(=O)NC(C)C)S(=O)(=O)c1ccccc1. The molecule has 202 valence electrons. The Labute approximate surface area is 228 Å². The van der Waals surface area contributed by atoms with Gasteiger partial charge in [0, 0.05) is 23.2 Å². The lowest BCUT2D eigenvalue weighted by Gasteiger charge is -2.33. The van der Waals surface area contributed by atoms with E-state index in [1.807, 2.05) is 0 Å². The van der Waals surface area contributed by atoms with Gasteiger partial charge in [0.25, 0.3) is 10.0 Å². The van der Waals surface area contributed by atoms with Crippen molar-refractivity contribution in [2.75, 3.05) is 10.8 Å². The summed E-state index contributed by atoms with van der Waals surface area (Å²) in [4.78, 5) is 27.9. The summed E-state index contributed by atoms with van der Waals surface area (Å²) in [7, 11) is -4.22. The van der Waals surface area contributed by atoms with Crippen molar-refractivity contribution in [2.45, 2.75) is 51.2 Å². The predicted octanol–water partition coefficient (Wildman–Crippen LogP) is 4.92. The summed E-state index contributed by atoms with van der Waals surface area (Å²) in [6, 6.07) is 17.2. The van der Waals surface area contributed by atoms with Crippen molar-refractivity contribution in [3.8, 4) is 0 Å². The third-order valence-corrected chi connectivity index (χ3v) is 8.20. The number of hydrogen-bond donors (Lipinski definition) is 1. The van der Waals surface area contributed by atoms with E-state index in [0.717, 1.165) is 4.31 Å². The molecule has 0 aliphatic carbocycles. The van der Waals surface area contributed by atoms with Gasteiger partial charge in [0.05, 0.1) is 10.6 Å². The van der Waals surface area contributed by atoms with Crippen LogP contribution in [0.25, 0.3) is 0 Å². The lowest BCUT2D eigenvalue weighted by Crippen LogP contribution is -2.52. The van der Waals surface area contributed by atoms with E-state index in [-0.39, 0.29) is 28.7 Å². The van der Waals surface area contributed by atoms with Crippen molar-refractivity contribution < 1.29 is 22.4 Å². The zero-order valence-corrected chi connectivity index (χ0v) is 23.3. The summed E-state index contributed by atoms with van der Waals surface area (Å²) < 4.78 is 43.1. The lowest BCUT2D eigenvalue weighted by atomic mass is 10.1. The van der Waals surface area contributed by atoms with Gasteiger partial charge >= 0.3 is 0 Å². The molecule has 1 N–H and O–H groups in total. The van der Waals surface area contributed by atoms with Gasteiger partial charge in [0.1, 0.15) is 18.4 Å². The van der Waals surface area contributed by atoms with Crippen molar-refractivity contribution in [2.24, 2.45) is 0 Å². The summed E-state index contributed by atoms with van der Waals surface area (Å²) in [5.74, 6) is -1.67. The van der Waals surface area contributed by atoms with Gasteiger partial charge in [-0.2, -0.15) is 0 Å². The number of amides is 2. The van der Waals surface area contributed by atoms with Gasteiger partial charge in [-0.05, 0) is 63.6 Å². The highest BCUT2D eigenvalue weighted by atomic mass is 35.5. The summed E-state index contributed by atoms with van der Waals surface area (Å²) in [6.45, 7) is 5.88. The first kappa shape index (κ1) is 29.1. The van der Waals surface area contributed by atoms with Crippen LogP contribution < -0.4 is 9.62 Å². The van der Waals surface area contributed by atoms with E-state index in [4.69, 9.17) is 11.6 Å². The number of rotatable bonds is 10. The number of anilines is 1. The molecule has 3 aromatic carbocycles. The van der Waals surface area contributed by atoms with E-state index >= 15 is 0 Å². The Bertz CT molecular complexity index is 1400. The maximum absolute atomic E-state index is 14.6. The molecule has 1 atom stereocenters. The molecule has 0 saturated carbocycles. The number of benzene rings is 3. The minimum absolute atomic E-state index is 0.0153. The summed E-state index contributed by atoms with van der Waals surface area (Å²) >= 11 is 6.31. The first-order valence-electron chi connectivity index (χ1n) is 12.1. The fourth-order valence-corrected chi connectivity index (χ4v) is 5.56. The maximum Gasteiger partial charge on any atom is 0.264 e. The van der Waals surface area contributed by atoms with Gasteiger partial charge in [-0.15, -0.1) is 0 Å². The average molecular weight is 560 g/mol. The normalized spacial score (nSPS) is 12.2. The topological polar surface area (TPSA) is 86.8 Å². The quantitative estimate of drug-likeness (QED) is 0.382. The molecule has 2 amide bonds. The standard InChI is InChI=1S/C28H31ClFN3O4S/c1-19(2)31-28(35)21(4)32(17-22-11-8-9-15-25(22)30)27(34)18-33(26-16-10-14-24(29)20(26)3)38(36,37)23-12-6-5-7-13-23/h5-16,19,21H,17-18H2,1-4H3,(H,31,35)/t21-/m1/s1. The molecule has 0 spiro atoms. The zero-order valence-electron chi connectivity index (χ0n) is 21.7. The molecular formula is C28H31ClFN3O4S. The molecule has 0 radical (unpaired) electrons. The van der Waals surface area contributed by atoms with Crippen molar-refractivity contribution in [1.29, 1.82) is 0 Å². The second-order valence-electron chi connectivity index (χ2n) is 9.16. The Balaban J connectivity index is 2.08. The molecule has 0 unspecified atom stereocenters. The van der Waals surface area contributed by atoms with Crippen LogP contribution in [-0.2, 0) is 26.2 Å². The lowest BCUT2D eigenvalue weighted by molar-refractivity contribution is -0.139. The van der Waals surface area contributed by atoms with E-state index in [1.165, 1.54) is 42.2 Å². The molecule has 0 heterocycles. The van der Waals surface area contributed by atoms with Gasteiger partial charge in [-0.25, -0.2) is 12.8 Å². The second kappa shape index (κ2) is 12.4. The number of nitrogens with one attached hydrogen (secondary N) is 1. The molecule has 0 saturated heterocycles. The van der Waals surface area contributed by atoms with Gasteiger partial charge < -0.3 is 10.2 Å². The van der Waals surface area contributed by atoms with Crippen LogP contribution in [0.3, 0.4) is 0 Å². The number of nitrogens with zero attached hydrogens (tertiary/aromatic N) is 2. The van der Waals surface area contributed by atoms with Crippen LogP contribution >= 0.6 is 11.6 Å². The van der Waals surface area contributed by atoms with Crippen LogP contribution in [0.4, 0.5) is 10.1 Å². The summed E-state index contributed by atoms with van der Waals surface area (Å²) in [5, 5.41) is 3.09. The van der Waals surface area contributed by atoms with Gasteiger partial charge in [-0.1, -0.05) is 54.1 Å². The Morgan fingerprint density at radius 1 is 0.947 bits per heavy atom. The largest absolute Gasteiger partial charge is 0.352 e. The number of sulfonamides is 1. The minimum Gasteiger partial charge on any atom is -0.352 e. The van der Waals surface area contributed by atoms with Crippen LogP contribution in [0.1, 0.15) is 31.9 Å². The Morgan fingerprint density at radius 3 is 2.21 bits per heavy atom. The number of halogens is 2. The minimum atomic E-state index is -4.22. The molecule has 3 aromatic rings. The third-order valence-electron chi connectivity index (χ3n) is 6.01. The molecule has 0 bridgehead atoms. The molecule has 10 heteroatoms. The third kappa shape index (κ3) is 6.71. The summed E-state index contributed by atoms with van der Waals surface area (Å²) in [5.41, 5.74) is 0.883. The highest BCUT2D eigenvalue weighted by Crippen LogP contribution is 2.31. The molecule has 3 rings (SSSR count). The van der Waals surface area contributed by atoms with Gasteiger partial charge in [0.15, 0.2) is 0 Å². The molecule has 0 aromatic heterocycles. The van der Waals surface area contributed by atoms with Gasteiger partial charge in [0.2, 0.25) is 11.8 Å². The maximum atomic E-state index is 14.6. The van der Waals surface area contributed by atoms with Crippen LogP contribution in [0.5, 0.6) is 0 Å². The van der Waals surface area contributed by atoms with Crippen LogP contribution in [0, 0.1) is 12.7 Å². The fraction of sp³-hybridized carbons (Fsp3) is 0.286. The van der Waals surface area contributed by atoms with E-state index in [9.17, 15) is 22.4 Å². The predicted molar refractivity (Wildman–Crippen MR) is 147 cm³/mol. The highest BCUT2D eigenvalue weighted by Gasteiger charge is 2.33. The first-order chi connectivity index (χ1) is 17.9. The van der Waals surface area contributed by atoms with E-state index in [1.54, 1.807) is 63.2 Å². The summed E-state index contributed by atoms with van der Waals surface area (Å²) in [6.07, 6.45) is 0. The van der Waals surface area contributed by atoms with Crippen molar-refractivity contribution >= 4 is 39.1 Å². The molecule has 7 nitrogen and oxygen atoms in total. The molecular weight excluding hydrogens is 529 g/mol. The van der Waals surface area contributed by atoms with Crippen molar-refractivity contribution in [1.82, 2.24) is 10.2 Å². The van der Waals surface area contributed by atoms with Crippen molar-refractivity contribution in [3.63, 3.8) is 0 Å². The average Bonchev–Trinajstić information content (AvgIpc) is 2.88. The highest BCUT2D eigenvalue weighted by molar-refractivity contribution is 7.92. The Kier molecular flexibility index (Phi) is 9.51. The molecule has 0 aliphatic heterocycles. The van der Waals surface area contributed by atoms with Crippen LogP contribution in [-0.4, -0.2) is 43.8 Å². The molecule has 0 fully saturated rings. The zero-order chi connectivity index (χ0) is 28.0. The van der Waals surface area contributed by atoms with Crippen molar-refractivity contribution in [3.05, 3.63) is 94.8 Å². The first-order valence-corrected chi connectivity index (χ1v) is 13.9. The van der Waals surface area contributed by atoms with Crippen LogP contribution in [0.2, 0.25) is 5.02 Å². The smallest absolute Gasteiger partial charge is 0.264 e. The fourth-order valence-electron chi connectivity index (χ4n) is 3.90. The van der Waals surface area contributed by atoms with E-state index in [2.05, 4.69) is 5.32 Å². The number of hydrogen-bond acceptors (Lipinski definition) is 4. The Morgan fingerprint density at radius 2 is 1.58 bits per heavy atom.